The number of Topliss-reactive ketones (excluding diaryl/α,β-unsaturated/α-hetero) is 1. The van der Waals surface area contributed by atoms with Crippen LogP contribution in [0.1, 0.15) is 33.3 Å². The number of rotatable bonds is 5. The number of benzene rings is 1. The van der Waals surface area contributed by atoms with Gasteiger partial charge in [0.2, 0.25) is 10.0 Å². The Morgan fingerprint density at radius 3 is 2.70 bits per heavy atom. The van der Waals surface area contributed by atoms with Crippen molar-refractivity contribution in [2.75, 3.05) is 17.2 Å². The van der Waals surface area contributed by atoms with Gasteiger partial charge in [0.25, 0.3) is 0 Å². The molecule has 27 heavy (non-hydrogen) atoms. The van der Waals surface area contributed by atoms with Crippen molar-refractivity contribution in [1.82, 2.24) is 0 Å². The standard InChI is InChI=1S/C18H18N2O6S/c1-12-9-14-10-13(6-7-15(14)20(12)27(2,24)25)17(21)11-26-18(22)16-5-3-4-8-19(16)23/h3-8,10,12H,9,11H2,1-2H3/t12-/m1/s1. The number of fused-ring (bicyclic) bond motifs is 1. The zero-order valence-electron chi connectivity index (χ0n) is 14.8. The number of ether oxygens (including phenoxy) is 1. The van der Waals surface area contributed by atoms with Crippen LogP contribution < -0.4 is 9.04 Å². The largest absolute Gasteiger partial charge is 0.618 e. The molecule has 0 N–H and O–H groups in total. The highest BCUT2D eigenvalue weighted by atomic mass is 32.2. The molecule has 0 spiro atoms. The lowest BCUT2D eigenvalue weighted by molar-refractivity contribution is -0.608. The van der Waals surface area contributed by atoms with Gasteiger partial charge in [-0.1, -0.05) is 0 Å². The predicted octanol–water partition coefficient (Wildman–Crippen LogP) is 1.07. The Morgan fingerprint density at radius 1 is 1.30 bits per heavy atom. The van der Waals surface area contributed by atoms with E-state index < -0.39 is 28.4 Å². The number of sulfonamides is 1. The molecule has 0 saturated carbocycles. The summed E-state index contributed by atoms with van der Waals surface area (Å²) in [5.74, 6) is -1.33. The van der Waals surface area contributed by atoms with Crippen LogP contribution in [-0.2, 0) is 21.2 Å². The molecule has 2 heterocycles. The molecule has 2 aromatic rings. The van der Waals surface area contributed by atoms with E-state index in [1.165, 1.54) is 28.6 Å². The van der Waals surface area contributed by atoms with Crippen molar-refractivity contribution in [1.29, 1.82) is 0 Å². The van der Waals surface area contributed by atoms with Crippen molar-refractivity contribution in [3.63, 3.8) is 0 Å². The van der Waals surface area contributed by atoms with Crippen molar-refractivity contribution >= 4 is 27.5 Å². The van der Waals surface area contributed by atoms with Gasteiger partial charge in [0.05, 0.1) is 11.9 Å². The molecule has 1 atom stereocenters. The minimum Gasteiger partial charge on any atom is -0.618 e. The molecule has 9 heteroatoms. The first-order valence-corrected chi connectivity index (χ1v) is 10.0. The molecule has 3 rings (SSSR count). The SMILES string of the molecule is C[C@@H]1Cc2cc(C(=O)COC(=O)c3cccc[n+]3[O-])ccc2N1S(C)(=O)=O. The summed E-state index contributed by atoms with van der Waals surface area (Å²) in [7, 11) is -3.41. The van der Waals surface area contributed by atoms with E-state index in [0.717, 1.165) is 18.0 Å². The summed E-state index contributed by atoms with van der Waals surface area (Å²) >= 11 is 0. The third kappa shape index (κ3) is 3.77. The molecule has 0 radical (unpaired) electrons. The van der Waals surface area contributed by atoms with Gasteiger partial charge in [0.1, 0.15) is 0 Å². The van der Waals surface area contributed by atoms with Gasteiger partial charge >= 0.3 is 11.7 Å². The Kier molecular flexibility index (Phi) is 4.88. The highest BCUT2D eigenvalue weighted by molar-refractivity contribution is 7.92. The Labute approximate surface area is 156 Å². The van der Waals surface area contributed by atoms with Gasteiger partial charge in [-0.25, -0.2) is 13.2 Å². The van der Waals surface area contributed by atoms with Crippen LogP contribution in [0.2, 0.25) is 0 Å². The number of anilines is 1. The number of carbonyl (C=O) groups is 2. The summed E-state index contributed by atoms with van der Waals surface area (Å²) in [4.78, 5) is 24.2. The van der Waals surface area contributed by atoms with Crippen molar-refractivity contribution in [2.24, 2.45) is 0 Å². The Balaban J connectivity index is 1.73. The predicted molar refractivity (Wildman–Crippen MR) is 96.9 cm³/mol. The molecule has 0 unspecified atom stereocenters. The second-order valence-electron chi connectivity index (χ2n) is 6.37. The lowest BCUT2D eigenvalue weighted by Gasteiger charge is -2.21. The molecule has 1 aromatic carbocycles. The third-order valence-corrected chi connectivity index (χ3v) is 5.55. The first-order chi connectivity index (χ1) is 12.7. The maximum atomic E-state index is 12.3. The number of carbonyl (C=O) groups excluding carboxylic acids is 2. The fourth-order valence-corrected chi connectivity index (χ4v) is 4.42. The van der Waals surface area contributed by atoms with E-state index in [-0.39, 0.29) is 11.7 Å². The van der Waals surface area contributed by atoms with Crippen LogP contribution in [0, 0.1) is 5.21 Å². The molecule has 1 aromatic heterocycles. The topological polar surface area (TPSA) is 108 Å². The first kappa shape index (κ1) is 18.8. The smallest absolute Gasteiger partial charge is 0.405 e. The second-order valence-corrected chi connectivity index (χ2v) is 8.23. The van der Waals surface area contributed by atoms with Crippen LogP contribution in [0.5, 0.6) is 0 Å². The third-order valence-electron chi connectivity index (χ3n) is 4.28. The summed E-state index contributed by atoms with van der Waals surface area (Å²) in [5, 5.41) is 11.5. The molecule has 8 nitrogen and oxygen atoms in total. The lowest BCUT2D eigenvalue weighted by Crippen LogP contribution is -2.35. The number of hydrogen-bond donors (Lipinski definition) is 0. The van der Waals surface area contributed by atoms with E-state index in [9.17, 15) is 23.2 Å². The van der Waals surface area contributed by atoms with E-state index in [1.807, 2.05) is 0 Å². The highest BCUT2D eigenvalue weighted by Crippen LogP contribution is 2.34. The normalized spacial score (nSPS) is 16.1. The first-order valence-electron chi connectivity index (χ1n) is 8.19. The number of aromatic nitrogens is 1. The van der Waals surface area contributed by atoms with Crippen LogP contribution in [0.15, 0.2) is 42.6 Å². The Morgan fingerprint density at radius 2 is 2.04 bits per heavy atom. The molecule has 0 bridgehead atoms. The Hall–Kier alpha value is -2.94. The van der Waals surface area contributed by atoms with Gasteiger partial charge in [-0.3, -0.25) is 9.10 Å². The van der Waals surface area contributed by atoms with E-state index in [4.69, 9.17) is 4.74 Å². The average Bonchev–Trinajstić information content (AvgIpc) is 2.94. The number of nitrogens with zero attached hydrogens (tertiary/aromatic N) is 2. The molecule has 0 amide bonds. The van der Waals surface area contributed by atoms with Crippen LogP contribution in [0.4, 0.5) is 5.69 Å². The number of ketones is 1. The van der Waals surface area contributed by atoms with E-state index in [0.29, 0.717) is 22.4 Å². The molecular formula is C18H18N2O6S. The molecule has 0 saturated heterocycles. The van der Waals surface area contributed by atoms with E-state index in [1.54, 1.807) is 19.1 Å². The molecule has 142 valence electrons. The van der Waals surface area contributed by atoms with Crippen LogP contribution in [0.25, 0.3) is 0 Å². The minimum absolute atomic E-state index is 0.211. The molecular weight excluding hydrogens is 372 g/mol. The van der Waals surface area contributed by atoms with Gasteiger partial charge in [-0.05, 0) is 43.2 Å². The van der Waals surface area contributed by atoms with Crippen LogP contribution >= 0.6 is 0 Å². The number of esters is 1. The van der Waals surface area contributed by atoms with Gasteiger partial charge in [-0.2, -0.15) is 4.73 Å². The van der Waals surface area contributed by atoms with E-state index in [2.05, 4.69) is 0 Å². The fourth-order valence-electron chi connectivity index (χ4n) is 3.16. The summed E-state index contributed by atoms with van der Waals surface area (Å²) < 4.78 is 30.5. The average molecular weight is 390 g/mol. The Bertz CT molecular complexity index is 1020. The summed E-state index contributed by atoms with van der Waals surface area (Å²) in [6, 6.07) is 8.75. The van der Waals surface area contributed by atoms with Crippen molar-refractivity contribution in [3.8, 4) is 0 Å². The van der Waals surface area contributed by atoms with Crippen molar-refractivity contribution in [2.45, 2.75) is 19.4 Å². The lowest BCUT2D eigenvalue weighted by atomic mass is 10.0. The van der Waals surface area contributed by atoms with Crippen molar-refractivity contribution in [3.05, 3.63) is 64.6 Å². The zero-order chi connectivity index (χ0) is 19.8. The van der Waals surface area contributed by atoms with E-state index >= 15 is 0 Å². The van der Waals surface area contributed by atoms with Crippen molar-refractivity contribution < 1.29 is 27.5 Å². The quantitative estimate of drug-likeness (QED) is 0.327. The molecule has 0 fully saturated rings. The molecule has 1 aliphatic rings. The highest BCUT2D eigenvalue weighted by Gasteiger charge is 2.32. The number of pyridine rings is 1. The molecule has 0 aliphatic carbocycles. The fraction of sp³-hybridized carbons (Fsp3) is 0.278. The van der Waals surface area contributed by atoms with Gasteiger partial charge in [-0.15, -0.1) is 0 Å². The monoisotopic (exact) mass is 390 g/mol. The van der Waals surface area contributed by atoms with Gasteiger partial charge < -0.3 is 9.94 Å². The summed E-state index contributed by atoms with van der Waals surface area (Å²) in [6.07, 6.45) is 2.79. The summed E-state index contributed by atoms with van der Waals surface area (Å²) in [5.41, 5.74) is 1.39. The summed E-state index contributed by atoms with van der Waals surface area (Å²) in [6.45, 7) is 1.28. The second kappa shape index (κ2) is 6.99. The maximum Gasteiger partial charge on any atom is 0.405 e. The van der Waals surface area contributed by atoms with Crippen LogP contribution in [-0.4, -0.2) is 39.1 Å². The van der Waals surface area contributed by atoms with Gasteiger partial charge in [0.15, 0.2) is 18.6 Å². The molecule has 1 aliphatic heterocycles. The minimum atomic E-state index is -3.41. The van der Waals surface area contributed by atoms with Gasteiger partial charge in [0, 0.05) is 23.7 Å². The zero-order valence-corrected chi connectivity index (χ0v) is 15.6. The number of hydrogen-bond acceptors (Lipinski definition) is 6. The maximum absolute atomic E-state index is 12.3. The van der Waals surface area contributed by atoms with Crippen LogP contribution in [0.3, 0.4) is 0 Å².